The van der Waals surface area contributed by atoms with Crippen LogP contribution in [0.3, 0.4) is 0 Å². The van der Waals surface area contributed by atoms with Gasteiger partial charge in [-0.05, 0) is 25.2 Å². The minimum absolute atomic E-state index is 0.343. The highest BCUT2D eigenvalue weighted by molar-refractivity contribution is 4.66. The summed E-state index contributed by atoms with van der Waals surface area (Å²) in [4.78, 5) is 0. The summed E-state index contributed by atoms with van der Waals surface area (Å²) >= 11 is 0. The van der Waals surface area contributed by atoms with Crippen molar-refractivity contribution in [3.8, 4) is 0 Å². The molecule has 0 aliphatic rings. The third-order valence-electron chi connectivity index (χ3n) is 2.27. The molecule has 2 unspecified atom stereocenters. The monoisotopic (exact) mass is 173 g/mol. The summed E-state index contributed by atoms with van der Waals surface area (Å²) in [6.45, 7) is 8.20. The van der Waals surface area contributed by atoms with Crippen molar-refractivity contribution >= 4 is 0 Å². The molecule has 0 amide bonds. The van der Waals surface area contributed by atoms with Crippen molar-refractivity contribution in [2.75, 3.05) is 13.2 Å². The van der Waals surface area contributed by atoms with Gasteiger partial charge in [-0.1, -0.05) is 20.8 Å². The van der Waals surface area contributed by atoms with Crippen molar-refractivity contribution in [1.82, 2.24) is 0 Å². The van der Waals surface area contributed by atoms with Gasteiger partial charge in [0.25, 0.3) is 0 Å². The van der Waals surface area contributed by atoms with E-state index in [9.17, 15) is 0 Å². The van der Waals surface area contributed by atoms with Crippen LogP contribution in [0.4, 0.5) is 0 Å². The lowest BCUT2D eigenvalue weighted by molar-refractivity contribution is 0.119. The van der Waals surface area contributed by atoms with Gasteiger partial charge in [0, 0.05) is 19.3 Å². The molecule has 0 bridgehead atoms. The van der Waals surface area contributed by atoms with E-state index in [0.717, 1.165) is 32.5 Å². The van der Waals surface area contributed by atoms with E-state index in [0.29, 0.717) is 12.0 Å². The Kier molecular flexibility index (Phi) is 7.51. The van der Waals surface area contributed by atoms with Crippen LogP contribution in [0, 0.1) is 5.92 Å². The van der Waals surface area contributed by atoms with Crippen LogP contribution in [0.1, 0.15) is 40.0 Å². The smallest absolute Gasteiger partial charge is 0.0469 e. The Labute approximate surface area is 76.5 Å². The summed E-state index contributed by atoms with van der Waals surface area (Å²) < 4.78 is 5.39. The van der Waals surface area contributed by atoms with Gasteiger partial charge in [-0.25, -0.2) is 0 Å². The number of ether oxygens (including phenoxy) is 1. The van der Waals surface area contributed by atoms with Gasteiger partial charge in [-0.15, -0.1) is 0 Å². The predicted octanol–water partition coefficient (Wildman–Crippen LogP) is 2.18. The summed E-state index contributed by atoms with van der Waals surface area (Å²) in [6, 6.07) is 0.343. The Balaban J connectivity index is 3.24. The Hall–Kier alpha value is -0.0800. The summed E-state index contributed by atoms with van der Waals surface area (Å²) in [5.74, 6) is 0.590. The van der Waals surface area contributed by atoms with Gasteiger partial charge in [-0.3, -0.25) is 0 Å². The third-order valence-corrected chi connectivity index (χ3v) is 2.27. The topological polar surface area (TPSA) is 35.2 Å². The minimum Gasteiger partial charge on any atom is -0.381 e. The summed E-state index contributed by atoms with van der Waals surface area (Å²) in [5.41, 5.74) is 5.88. The molecule has 2 N–H and O–H groups in total. The lowest BCUT2D eigenvalue weighted by atomic mass is 9.98. The number of hydrogen-bond donors (Lipinski definition) is 1. The second kappa shape index (κ2) is 7.56. The fourth-order valence-corrected chi connectivity index (χ4v) is 1.13. The van der Waals surface area contributed by atoms with E-state index < -0.39 is 0 Å². The van der Waals surface area contributed by atoms with Crippen LogP contribution in [0.5, 0.6) is 0 Å². The number of hydrogen-bond acceptors (Lipinski definition) is 2. The molecule has 0 aliphatic heterocycles. The van der Waals surface area contributed by atoms with E-state index in [1.165, 1.54) is 0 Å². The lowest BCUT2D eigenvalue weighted by Crippen LogP contribution is -2.28. The van der Waals surface area contributed by atoms with Crippen LogP contribution < -0.4 is 5.73 Å². The molecular weight excluding hydrogens is 150 g/mol. The highest BCUT2D eigenvalue weighted by Gasteiger charge is 2.09. The molecule has 12 heavy (non-hydrogen) atoms. The molecule has 0 fully saturated rings. The summed E-state index contributed by atoms with van der Waals surface area (Å²) in [7, 11) is 0. The van der Waals surface area contributed by atoms with E-state index in [4.69, 9.17) is 10.5 Å². The van der Waals surface area contributed by atoms with Gasteiger partial charge < -0.3 is 10.5 Å². The van der Waals surface area contributed by atoms with Crippen LogP contribution in [-0.2, 0) is 4.74 Å². The Morgan fingerprint density at radius 2 is 1.92 bits per heavy atom. The van der Waals surface area contributed by atoms with E-state index in [1.54, 1.807) is 0 Å². The molecule has 0 aromatic heterocycles. The second-order valence-electron chi connectivity index (χ2n) is 3.45. The van der Waals surface area contributed by atoms with E-state index in [-0.39, 0.29) is 0 Å². The molecule has 2 nitrogen and oxygen atoms in total. The van der Waals surface area contributed by atoms with Crippen LogP contribution in [0.25, 0.3) is 0 Å². The number of nitrogens with two attached hydrogens (primary N) is 1. The third kappa shape index (κ3) is 5.56. The Morgan fingerprint density at radius 1 is 1.25 bits per heavy atom. The molecule has 74 valence electrons. The van der Waals surface area contributed by atoms with Crippen LogP contribution in [0.15, 0.2) is 0 Å². The van der Waals surface area contributed by atoms with Crippen LogP contribution in [0.2, 0.25) is 0 Å². The first-order valence-corrected chi connectivity index (χ1v) is 5.05. The zero-order valence-electron chi connectivity index (χ0n) is 8.68. The number of rotatable bonds is 7. The first kappa shape index (κ1) is 11.9. The Morgan fingerprint density at radius 3 is 2.42 bits per heavy atom. The molecule has 2 atom stereocenters. The van der Waals surface area contributed by atoms with Gasteiger partial charge in [0.1, 0.15) is 0 Å². The summed E-state index contributed by atoms with van der Waals surface area (Å²) in [5, 5.41) is 0. The lowest BCUT2D eigenvalue weighted by Gasteiger charge is -2.17. The van der Waals surface area contributed by atoms with Crippen molar-refractivity contribution in [1.29, 1.82) is 0 Å². The highest BCUT2D eigenvalue weighted by Crippen LogP contribution is 2.08. The molecule has 0 spiro atoms. The fourth-order valence-electron chi connectivity index (χ4n) is 1.13. The van der Waals surface area contributed by atoms with Gasteiger partial charge in [0.05, 0.1) is 0 Å². The maximum absolute atomic E-state index is 5.88. The van der Waals surface area contributed by atoms with Crippen molar-refractivity contribution in [2.24, 2.45) is 11.7 Å². The molecule has 0 aromatic carbocycles. The normalized spacial score (nSPS) is 16.0. The molecular formula is C10H23NO. The molecule has 2 heteroatoms. The van der Waals surface area contributed by atoms with Gasteiger partial charge in [0.15, 0.2) is 0 Å². The maximum Gasteiger partial charge on any atom is 0.0469 e. The van der Waals surface area contributed by atoms with E-state index >= 15 is 0 Å². The van der Waals surface area contributed by atoms with Crippen molar-refractivity contribution in [2.45, 2.75) is 46.1 Å². The van der Waals surface area contributed by atoms with Crippen molar-refractivity contribution in [3.05, 3.63) is 0 Å². The van der Waals surface area contributed by atoms with Crippen LogP contribution >= 0.6 is 0 Å². The SMILES string of the molecule is CCCOCCC(C)C(N)CC. The molecule has 0 radical (unpaired) electrons. The maximum atomic E-state index is 5.88. The van der Waals surface area contributed by atoms with E-state index in [2.05, 4.69) is 20.8 Å². The van der Waals surface area contributed by atoms with Gasteiger partial charge >= 0.3 is 0 Å². The molecule has 0 aliphatic carbocycles. The molecule has 0 saturated heterocycles. The average molecular weight is 173 g/mol. The van der Waals surface area contributed by atoms with Gasteiger partial charge in [0.2, 0.25) is 0 Å². The zero-order chi connectivity index (χ0) is 9.40. The Bertz CT molecular complexity index is 95.8. The molecule has 0 heterocycles. The second-order valence-corrected chi connectivity index (χ2v) is 3.45. The highest BCUT2D eigenvalue weighted by atomic mass is 16.5. The average Bonchev–Trinajstić information content (AvgIpc) is 2.10. The van der Waals surface area contributed by atoms with Crippen molar-refractivity contribution in [3.63, 3.8) is 0 Å². The molecule has 0 aromatic rings. The minimum atomic E-state index is 0.343. The first-order chi connectivity index (χ1) is 5.72. The quantitative estimate of drug-likeness (QED) is 0.599. The van der Waals surface area contributed by atoms with Crippen LogP contribution in [-0.4, -0.2) is 19.3 Å². The molecule has 0 rings (SSSR count). The standard InChI is InChI=1S/C10H23NO/c1-4-7-12-8-6-9(3)10(11)5-2/h9-10H,4-8,11H2,1-3H3. The fraction of sp³-hybridized carbons (Fsp3) is 1.00. The summed E-state index contributed by atoms with van der Waals surface area (Å²) in [6.07, 6.45) is 3.26. The van der Waals surface area contributed by atoms with Crippen molar-refractivity contribution < 1.29 is 4.74 Å². The zero-order valence-corrected chi connectivity index (χ0v) is 8.68. The first-order valence-electron chi connectivity index (χ1n) is 5.05. The van der Waals surface area contributed by atoms with E-state index in [1.807, 2.05) is 0 Å². The predicted molar refractivity (Wildman–Crippen MR) is 53.2 cm³/mol. The largest absolute Gasteiger partial charge is 0.381 e. The van der Waals surface area contributed by atoms with Gasteiger partial charge in [-0.2, -0.15) is 0 Å². The molecule has 0 saturated carbocycles.